The van der Waals surface area contributed by atoms with Gasteiger partial charge in [0.2, 0.25) is 11.8 Å². The number of aromatic nitrogens is 3. The highest BCUT2D eigenvalue weighted by atomic mass is 32.1. The molecule has 65 heavy (non-hydrogen) atoms. The van der Waals surface area contributed by atoms with Crippen LogP contribution in [-0.2, 0) is 52.8 Å². The third kappa shape index (κ3) is 9.97. The van der Waals surface area contributed by atoms with Crippen LogP contribution in [-0.4, -0.2) is 117 Å². The lowest BCUT2D eigenvalue weighted by Gasteiger charge is -2.36. The molecule has 3 aromatic heterocycles. The molecule has 1 aromatic carbocycles. The summed E-state index contributed by atoms with van der Waals surface area (Å²) in [4.78, 5) is 82.2. The molecular weight excluding hydrogens is 845 g/mol. The van der Waals surface area contributed by atoms with E-state index >= 15 is 0 Å². The summed E-state index contributed by atoms with van der Waals surface area (Å²) in [5.74, 6) is 2.40. The van der Waals surface area contributed by atoms with Crippen LogP contribution in [0.3, 0.4) is 0 Å². The molecule has 6 bridgehead atoms. The molecule has 0 saturated carbocycles. The Hall–Kier alpha value is -5.63. The van der Waals surface area contributed by atoms with Crippen molar-refractivity contribution in [2.45, 2.75) is 111 Å². The Bertz CT molecular complexity index is 2520. The maximum atomic E-state index is 14.6. The quantitative estimate of drug-likeness (QED) is 0.160. The number of carbonyl (C=O) groups is 5. The monoisotopic (exact) mass is 906 g/mol. The highest BCUT2D eigenvalue weighted by molar-refractivity contribution is 7.10. The molecule has 4 aromatic rings. The van der Waals surface area contributed by atoms with Crippen LogP contribution in [0.15, 0.2) is 41.9 Å². The Morgan fingerprint density at radius 3 is 2.65 bits per heavy atom. The number of nitrogens with zero attached hydrogens (tertiary/aromatic N) is 6. The number of hydrazine groups is 1. The first-order chi connectivity index (χ1) is 31.0. The minimum Gasteiger partial charge on any atom is -0.464 e. The van der Waals surface area contributed by atoms with Crippen LogP contribution < -0.4 is 10.7 Å². The minimum absolute atomic E-state index is 0.0721. The second-order valence-corrected chi connectivity index (χ2v) is 19.5. The number of fused-ring (bicyclic) bond motifs is 6. The number of hydrogen-bond donors (Lipinski definition) is 2. The zero-order chi connectivity index (χ0) is 46.7. The number of rotatable bonds is 9. The minimum atomic E-state index is -1.09. The molecule has 16 heteroatoms. The highest BCUT2D eigenvalue weighted by Crippen LogP contribution is 2.42. The van der Waals surface area contributed by atoms with Gasteiger partial charge >= 0.3 is 5.97 Å². The van der Waals surface area contributed by atoms with E-state index in [1.807, 2.05) is 32.2 Å². The second-order valence-electron chi connectivity index (χ2n) is 18.5. The molecular formula is C49H62N8O7S. The van der Waals surface area contributed by atoms with Gasteiger partial charge in [-0.3, -0.25) is 34.0 Å². The third-order valence-corrected chi connectivity index (χ3v) is 13.7. The van der Waals surface area contributed by atoms with E-state index in [1.54, 1.807) is 32.2 Å². The largest absolute Gasteiger partial charge is 0.464 e. The van der Waals surface area contributed by atoms with E-state index in [2.05, 4.69) is 72.2 Å². The molecule has 0 unspecified atom stereocenters. The van der Waals surface area contributed by atoms with Crippen LogP contribution >= 0.6 is 11.3 Å². The average molecular weight is 907 g/mol. The number of nitrogens with one attached hydrogen (secondary N) is 2. The van der Waals surface area contributed by atoms with Crippen molar-refractivity contribution >= 4 is 51.8 Å². The fraction of sp³-hybridized carbons (Fsp3) is 0.531. The predicted molar refractivity (Wildman–Crippen MR) is 249 cm³/mol. The standard InChI is InChI=1S/C49H62N8O7S/c1-10-14-41(58)55-22-19-32(26-55)46(60)54(8)43(29(3)4)45(59)52-37-24-40-51-38(27-65-40)31-17-18-39-34(23-31)35(44(56(39)11-2)33-15-12-20-50-42(33)30(5)63-9)25-49(6,7)28-64-48(62)36-16-13-21-57(53-36)47(37)61/h12,15,17-18,20,23,27,29-30,32,36-37,43,53H,11,13,16,19,21-22,24-26,28H2,1-9H3,(H,52,59)/t30-,32+,36-,37-,43-/m0/s1. The summed E-state index contributed by atoms with van der Waals surface area (Å²) in [5, 5.41) is 8.08. The predicted octanol–water partition coefficient (Wildman–Crippen LogP) is 5.56. The zero-order valence-electron chi connectivity index (χ0n) is 39.0. The Labute approximate surface area is 385 Å². The van der Waals surface area contributed by atoms with Gasteiger partial charge in [0.1, 0.15) is 18.1 Å². The number of benzene rings is 1. The fourth-order valence-corrected chi connectivity index (χ4v) is 10.4. The van der Waals surface area contributed by atoms with Crippen molar-refractivity contribution < 1.29 is 33.4 Å². The summed E-state index contributed by atoms with van der Waals surface area (Å²) >= 11 is 1.40. The number of pyridine rings is 1. The molecule has 3 aliphatic rings. The Morgan fingerprint density at radius 1 is 1.14 bits per heavy atom. The van der Waals surface area contributed by atoms with Gasteiger partial charge in [-0.05, 0) is 88.1 Å². The van der Waals surface area contributed by atoms with Crippen LogP contribution in [0.25, 0.3) is 33.4 Å². The van der Waals surface area contributed by atoms with Gasteiger partial charge in [-0.1, -0.05) is 39.7 Å². The van der Waals surface area contributed by atoms with Crippen molar-refractivity contribution in [3.8, 4) is 34.4 Å². The third-order valence-electron chi connectivity index (χ3n) is 12.9. The van der Waals surface area contributed by atoms with E-state index in [4.69, 9.17) is 19.4 Å². The molecule has 6 heterocycles. The van der Waals surface area contributed by atoms with Crippen LogP contribution in [0, 0.1) is 29.1 Å². The zero-order valence-corrected chi connectivity index (χ0v) is 39.8. The van der Waals surface area contributed by atoms with Gasteiger partial charge in [-0.2, -0.15) is 0 Å². The number of amides is 4. The summed E-state index contributed by atoms with van der Waals surface area (Å²) in [6.07, 6.45) is 3.64. The molecule has 346 valence electrons. The molecule has 4 amide bonds. The van der Waals surface area contributed by atoms with Crippen molar-refractivity contribution in [3.63, 3.8) is 0 Å². The summed E-state index contributed by atoms with van der Waals surface area (Å²) in [5.41, 5.74) is 9.24. The van der Waals surface area contributed by atoms with Crippen LogP contribution in [0.4, 0.5) is 0 Å². The summed E-state index contributed by atoms with van der Waals surface area (Å²) < 4.78 is 14.2. The van der Waals surface area contributed by atoms with Crippen molar-refractivity contribution in [2.24, 2.45) is 17.3 Å². The lowest BCUT2D eigenvalue weighted by atomic mass is 9.84. The maximum Gasteiger partial charge on any atom is 0.324 e. The molecule has 0 aliphatic carbocycles. The number of methoxy groups -OCH3 is 1. The van der Waals surface area contributed by atoms with Crippen LogP contribution in [0.1, 0.15) is 90.1 Å². The van der Waals surface area contributed by atoms with E-state index in [1.165, 1.54) is 21.2 Å². The molecule has 2 saturated heterocycles. The molecule has 3 aliphatic heterocycles. The molecule has 5 atom stereocenters. The number of thiazole rings is 1. The van der Waals surface area contributed by atoms with E-state index in [-0.39, 0.29) is 43.4 Å². The van der Waals surface area contributed by atoms with Crippen molar-refractivity contribution in [1.29, 1.82) is 0 Å². The summed E-state index contributed by atoms with van der Waals surface area (Å²) in [6, 6.07) is 7.60. The van der Waals surface area contributed by atoms with Gasteiger partial charge in [0.05, 0.1) is 40.7 Å². The number of likely N-dealkylation sites (N-methyl/N-ethyl adjacent to an activating group) is 1. The van der Waals surface area contributed by atoms with Gasteiger partial charge in [0.15, 0.2) is 0 Å². The van der Waals surface area contributed by atoms with E-state index < -0.39 is 47.2 Å². The smallest absolute Gasteiger partial charge is 0.324 e. The number of carbonyl (C=O) groups excluding carboxylic acids is 5. The van der Waals surface area contributed by atoms with Crippen LogP contribution in [0.2, 0.25) is 0 Å². The van der Waals surface area contributed by atoms with Gasteiger partial charge in [-0.15, -0.1) is 11.3 Å². The van der Waals surface area contributed by atoms with Gasteiger partial charge in [0, 0.05) is 85.8 Å². The molecule has 0 spiro atoms. The SMILES string of the molecule is CC#CC(=O)N1CC[C@@H](C(=O)N(C)[C@H](C(=O)N[C@H]2Cc3nc(cs3)-c3ccc4c(c3)c(c(-c3cccnc3[C@H](C)OC)n4CC)CC(C)(C)COC(=O)[C@@H]3CCCN(N3)C2=O)C(C)C)C1. The number of hydrogen-bond acceptors (Lipinski definition) is 11. The topological polar surface area (TPSA) is 168 Å². The number of esters is 1. The second kappa shape index (κ2) is 19.9. The lowest BCUT2D eigenvalue weighted by Crippen LogP contribution is -2.62. The van der Waals surface area contributed by atoms with E-state index in [9.17, 15) is 24.0 Å². The number of likely N-dealkylation sites (tertiary alicyclic amines) is 1. The number of ether oxygens (including phenoxy) is 2. The normalized spacial score (nSPS) is 21.0. The Balaban J connectivity index is 1.26. The first-order valence-corrected chi connectivity index (χ1v) is 23.5. The van der Waals surface area contributed by atoms with Crippen molar-refractivity contribution in [2.75, 3.05) is 40.4 Å². The molecule has 7 rings (SSSR count). The van der Waals surface area contributed by atoms with Gasteiger partial charge < -0.3 is 29.2 Å². The van der Waals surface area contributed by atoms with Crippen LogP contribution in [0.5, 0.6) is 0 Å². The highest BCUT2D eigenvalue weighted by Gasteiger charge is 2.40. The van der Waals surface area contributed by atoms with Gasteiger partial charge in [-0.25, -0.2) is 10.4 Å². The van der Waals surface area contributed by atoms with E-state index in [0.29, 0.717) is 50.3 Å². The first-order valence-electron chi connectivity index (χ1n) is 22.7. The Kier molecular flexibility index (Phi) is 14.5. The fourth-order valence-electron chi connectivity index (χ4n) is 9.50. The maximum absolute atomic E-state index is 14.6. The van der Waals surface area contributed by atoms with Gasteiger partial charge in [0.25, 0.3) is 11.8 Å². The summed E-state index contributed by atoms with van der Waals surface area (Å²) in [6.45, 7) is 15.4. The number of aryl methyl sites for hydroxylation is 1. The van der Waals surface area contributed by atoms with Crippen molar-refractivity contribution in [3.05, 3.63) is 58.2 Å². The lowest BCUT2D eigenvalue weighted by molar-refractivity contribution is -0.155. The van der Waals surface area contributed by atoms with Crippen molar-refractivity contribution in [1.82, 2.24) is 40.1 Å². The molecule has 2 fully saturated rings. The van der Waals surface area contributed by atoms with E-state index in [0.717, 1.165) is 44.7 Å². The Morgan fingerprint density at radius 2 is 1.92 bits per heavy atom. The molecule has 2 N–H and O–H groups in total. The summed E-state index contributed by atoms with van der Waals surface area (Å²) in [7, 11) is 3.28. The molecule has 0 radical (unpaired) electrons. The molecule has 15 nitrogen and oxygen atoms in total. The average Bonchev–Trinajstić information content (AvgIpc) is 4.05. The number of cyclic esters (lactones) is 1. The first kappa shape index (κ1) is 47.3.